The van der Waals surface area contributed by atoms with Gasteiger partial charge in [0.1, 0.15) is 11.6 Å². The highest BCUT2D eigenvalue weighted by molar-refractivity contribution is 7.12. The second-order valence-corrected chi connectivity index (χ2v) is 4.93. The number of hydrogen-bond donors (Lipinski definition) is 0. The third-order valence-electron chi connectivity index (χ3n) is 2.75. The molecule has 0 aliphatic rings. The summed E-state index contributed by atoms with van der Waals surface area (Å²) in [5, 5.41) is 1.78. The SMILES string of the molecule is COc1csc(C(=O)Cc2cc(F)ccc2C)c1. The molecule has 1 aromatic carbocycles. The number of halogens is 1. The normalized spacial score (nSPS) is 10.4. The summed E-state index contributed by atoms with van der Waals surface area (Å²) in [6, 6.07) is 6.21. The maximum Gasteiger partial charge on any atom is 0.177 e. The Bertz CT molecular complexity index is 575. The van der Waals surface area contributed by atoms with Crippen LogP contribution in [0, 0.1) is 12.7 Å². The van der Waals surface area contributed by atoms with Crippen molar-refractivity contribution in [2.75, 3.05) is 7.11 Å². The number of aryl methyl sites for hydroxylation is 1. The van der Waals surface area contributed by atoms with E-state index >= 15 is 0 Å². The Morgan fingerprint density at radius 3 is 2.83 bits per heavy atom. The van der Waals surface area contributed by atoms with Gasteiger partial charge in [-0.05, 0) is 30.2 Å². The third-order valence-corrected chi connectivity index (χ3v) is 3.70. The zero-order valence-corrected chi connectivity index (χ0v) is 11.0. The fourth-order valence-electron chi connectivity index (χ4n) is 1.66. The molecule has 1 heterocycles. The maximum atomic E-state index is 13.1. The van der Waals surface area contributed by atoms with Gasteiger partial charge in [-0.3, -0.25) is 4.79 Å². The number of Topliss-reactive ketones (excluding diaryl/α,β-unsaturated/α-hetero) is 1. The fourth-order valence-corrected chi connectivity index (χ4v) is 2.46. The molecular formula is C14H13FO2S. The van der Waals surface area contributed by atoms with Crippen molar-refractivity contribution in [3.05, 3.63) is 51.5 Å². The van der Waals surface area contributed by atoms with E-state index in [1.165, 1.54) is 23.5 Å². The van der Waals surface area contributed by atoms with Gasteiger partial charge in [0.05, 0.1) is 12.0 Å². The predicted molar refractivity (Wildman–Crippen MR) is 70.0 cm³/mol. The molecule has 4 heteroatoms. The standard InChI is InChI=1S/C14H13FO2S/c1-9-3-4-11(15)5-10(9)6-13(16)14-7-12(17-2)8-18-14/h3-5,7-8H,6H2,1-2H3. The van der Waals surface area contributed by atoms with Crippen LogP contribution in [-0.4, -0.2) is 12.9 Å². The van der Waals surface area contributed by atoms with Crippen molar-refractivity contribution in [2.24, 2.45) is 0 Å². The van der Waals surface area contributed by atoms with Crippen LogP contribution < -0.4 is 4.74 Å². The predicted octanol–water partition coefficient (Wildman–Crippen LogP) is 3.63. The number of carbonyl (C=O) groups excluding carboxylic acids is 1. The molecule has 0 aliphatic heterocycles. The van der Waals surface area contributed by atoms with E-state index in [2.05, 4.69) is 0 Å². The molecule has 0 saturated heterocycles. The van der Waals surface area contributed by atoms with Crippen molar-refractivity contribution in [1.29, 1.82) is 0 Å². The van der Waals surface area contributed by atoms with Crippen LogP contribution in [0.3, 0.4) is 0 Å². The number of ether oxygens (including phenoxy) is 1. The summed E-state index contributed by atoms with van der Waals surface area (Å²) < 4.78 is 18.2. The molecule has 0 spiro atoms. The van der Waals surface area contributed by atoms with Gasteiger partial charge < -0.3 is 4.74 Å². The lowest BCUT2D eigenvalue weighted by molar-refractivity contribution is 0.0996. The van der Waals surface area contributed by atoms with E-state index in [-0.39, 0.29) is 18.0 Å². The first-order chi connectivity index (χ1) is 8.60. The molecule has 0 aliphatic carbocycles. The molecule has 94 valence electrons. The molecule has 0 bridgehead atoms. The van der Waals surface area contributed by atoms with Crippen LogP contribution in [0.5, 0.6) is 5.75 Å². The topological polar surface area (TPSA) is 26.3 Å². The summed E-state index contributed by atoms with van der Waals surface area (Å²) in [6.45, 7) is 1.87. The quantitative estimate of drug-likeness (QED) is 0.788. The molecule has 2 aromatic rings. The Labute approximate surface area is 109 Å². The van der Waals surface area contributed by atoms with Crippen LogP contribution in [0.2, 0.25) is 0 Å². The van der Waals surface area contributed by atoms with Gasteiger partial charge in [-0.2, -0.15) is 0 Å². The molecule has 0 N–H and O–H groups in total. The summed E-state index contributed by atoms with van der Waals surface area (Å²) in [4.78, 5) is 12.7. The molecule has 18 heavy (non-hydrogen) atoms. The number of ketones is 1. The molecule has 0 amide bonds. The van der Waals surface area contributed by atoms with Crippen LogP contribution in [0.1, 0.15) is 20.8 Å². The minimum Gasteiger partial charge on any atom is -0.496 e. The van der Waals surface area contributed by atoms with E-state index in [9.17, 15) is 9.18 Å². The number of methoxy groups -OCH3 is 1. The lowest BCUT2D eigenvalue weighted by Crippen LogP contribution is -2.03. The van der Waals surface area contributed by atoms with Crippen molar-refractivity contribution >= 4 is 17.1 Å². The second-order valence-electron chi connectivity index (χ2n) is 4.02. The molecule has 0 atom stereocenters. The number of rotatable bonds is 4. The Hall–Kier alpha value is -1.68. The number of thiophene rings is 1. The highest BCUT2D eigenvalue weighted by atomic mass is 32.1. The smallest absolute Gasteiger partial charge is 0.177 e. The number of benzene rings is 1. The molecule has 2 nitrogen and oxygen atoms in total. The molecule has 0 saturated carbocycles. The Morgan fingerprint density at radius 1 is 1.39 bits per heavy atom. The van der Waals surface area contributed by atoms with E-state index in [1.807, 2.05) is 6.92 Å². The van der Waals surface area contributed by atoms with E-state index in [0.29, 0.717) is 10.6 Å². The first-order valence-electron chi connectivity index (χ1n) is 5.51. The summed E-state index contributed by atoms with van der Waals surface area (Å²) in [6.07, 6.45) is 0.216. The van der Waals surface area contributed by atoms with Crippen molar-refractivity contribution in [1.82, 2.24) is 0 Å². The molecule has 0 fully saturated rings. The molecule has 0 radical (unpaired) electrons. The molecule has 1 aromatic heterocycles. The first kappa shape index (κ1) is 12.8. The van der Waals surface area contributed by atoms with Gasteiger partial charge >= 0.3 is 0 Å². The van der Waals surface area contributed by atoms with Gasteiger partial charge in [0.15, 0.2) is 5.78 Å². The minimum absolute atomic E-state index is 0.0167. The Balaban J connectivity index is 2.18. The summed E-state index contributed by atoms with van der Waals surface area (Å²) in [5.41, 5.74) is 1.65. The van der Waals surface area contributed by atoms with Crippen molar-refractivity contribution in [2.45, 2.75) is 13.3 Å². The van der Waals surface area contributed by atoms with Crippen LogP contribution in [0.25, 0.3) is 0 Å². The zero-order chi connectivity index (χ0) is 13.1. The van der Waals surface area contributed by atoms with Crippen LogP contribution in [-0.2, 0) is 6.42 Å². The van der Waals surface area contributed by atoms with Gasteiger partial charge in [0.2, 0.25) is 0 Å². The molecule has 2 rings (SSSR count). The van der Waals surface area contributed by atoms with Gasteiger partial charge in [-0.1, -0.05) is 6.07 Å². The molecule has 0 unspecified atom stereocenters. The van der Waals surface area contributed by atoms with Crippen LogP contribution in [0.15, 0.2) is 29.6 Å². The minimum atomic E-state index is -0.313. The van der Waals surface area contributed by atoms with E-state index < -0.39 is 0 Å². The Morgan fingerprint density at radius 2 is 2.17 bits per heavy atom. The van der Waals surface area contributed by atoms with Gasteiger partial charge in [0, 0.05) is 17.9 Å². The zero-order valence-electron chi connectivity index (χ0n) is 10.2. The van der Waals surface area contributed by atoms with Crippen molar-refractivity contribution in [3.63, 3.8) is 0 Å². The summed E-state index contributed by atoms with van der Waals surface area (Å²) in [7, 11) is 1.56. The van der Waals surface area contributed by atoms with Crippen LogP contribution in [0.4, 0.5) is 4.39 Å². The lowest BCUT2D eigenvalue weighted by atomic mass is 10.0. The second kappa shape index (κ2) is 5.31. The summed E-state index contributed by atoms with van der Waals surface area (Å²) >= 11 is 1.34. The van der Waals surface area contributed by atoms with Gasteiger partial charge in [-0.25, -0.2) is 4.39 Å². The lowest BCUT2D eigenvalue weighted by Gasteiger charge is -2.04. The monoisotopic (exact) mass is 264 g/mol. The van der Waals surface area contributed by atoms with E-state index in [0.717, 1.165) is 11.1 Å². The van der Waals surface area contributed by atoms with Gasteiger partial charge in [-0.15, -0.1) is 11.3 Å². The van der Waals surface area contributed by atoms with E-state index in [4.69, 9.17) is 4.74 Å². The van der Waals surface area contributed by atoms with Crippen molar-refractivity contribution < 1.29 is 13.9 Å². The highest BCUT2D eigenvalue weighted by Crippen LogP contribution is 2.23. The average Bonchev–Trinajstić information content (AvgIpc) is 2.82. The summed E-state index contributed by atoms with van der Waals surface area (Å²) in [5.74, 6) is 0.350. The maximum absolute atomic E-state index is 13.1. The molecular weight excluding hydrogens is 251 g/mol. The highest BCUT2D eigenvalue weighted by Gasteiger charge is 2.12. The number of hydrogen-bond acceptors (Lipinski definition) is 3. The largest absolute Gasteiger partial charge is 0.496 e. The Kier molecular flexibility index (Phi) is 3.77. The first-order valence-corrected chi connectivity index (χ1v) is 6.39. The third kappa shape index (κ3) is 2.76. The fraction of sp³-hybridized carbons (Fsp3) is 0.214. The van der Waals surface area contributed by atoms with Crippen molar-refractivity contribution in [3.8, 4) is 5.75 Å². The average molecular weight is 264 g/mol. The van der Waals surface area contributed by atoms with Crippen LogP contribution >= 0.6 is 11.3 Å². The van der Waals surface area contributed by atoms with Gasteiger partial charge in [0.25, 0.3) is 0 Å². The number of carbonyl (C=O) groups is 1. The van der Waals surface area contributed by atoms with E-state index in [1.54, 1.807) is 24.6 Å².